The van der Waals surface area contributed by atoms with E-state index in [1.54, 1.807) is 12.1 Å². The number of aryl methyl sites for hydroxylation is 2. The van der Waals surface area contributed by atoms with Crippen molar-refractivity contribution in [1.82, 2.24) is 4.98 Å². The number of para-hydroxylation sites is 1. The van der Waals surface area contributed by atoms with Crippen LogP contribution in [0.2, 0.25) is 0 Å². The van der Waals surface area contributed by atoms with E-state index >= 15 is 0 Å². The van der Waals surface area contributed by atoms with Crippen LogP contribution in [-0.4, -0.2) is 29.3 Å². The number of rotatable bonds is 6. The third kappa shape index (κ3) is 5.02. The maximum atomic E-state index is 13.0. The maximum Gasteiger partial charge on any atom is 0.339 e. The zero-order valence-electron chi connectivity index (χ0n) is 19.1. The van der Waals surface area contributed by atoms with Crippen LogP contribution >= 0.6 is 0 Å². The standard InChI is InChI=1S/C28H23NO5/c1-17-8-9-21(14-18(17)2)26-15-24(23-6-4-5-7-25(23)29-26)28(32)33-16-27(31)20-10-12-22(13-11-20)34-19(3)30/h4-15H,16H2,1-3H3. The van der Waals surface area contributed by atoms with Gasteiger partial charge in [0, 0.05) is 23.4 Å². The van der Waals surface area contributed by atoms with Gasteiger partial charge in [-0.15, -0.1) is 0 Å². The van der Waals surface area contributed by atoms with Gasteiger partial charge in [-0.25, -0.2) is 9.78 Å². The molecule has 0 saturated carbocycles. The Morgan fingerprint density at radius 1 is 0.853 bits per heavy atom. The molecule has 0 fully saturated rings. The average molecular weight is 453 g/mol. The molecule has 6 heteroatoms. The molecule has 0 atom stereocenters. The second kappa shape index (κ2) is 9.67. The van der Waals surface area contributed by atoms with Crippen molar-refractivity contribution >= 4 is 28.6 Å². The van der Waals surface area contributed by atoms with Gasteiger partial charge in [-0.1, -0.05) is 30.3 Å². The largest absolute Gasteiger partial charge is 0.454 e. The highest BCUT2D eigenvalue weighted by Gasteiger charge is 2.17. The lowest BCUT2D eigenvalue weighted by molar-refractivity contribution is -0.131. The van der Waals surface area contributed by atoms with Gasteiger partial charge in [0.25, 0.3) is 0 Å². The van der Waals surface area contributed by atoms with E-state index < -0.39 is 18.5 Å². The zero-order chi connectivity index (χ0) is 24.2. The first kappa shape index (κ1) is 22.9. The van der Waals surface area contributed by atoms with E-state index in [0.29, 0.717) is 33.5 Å². The third-order valence-electron chi connectivity index (χ3n) is 5.51. The van der Waals surface area contributed by atoms with E-state index in [1.807, 2.05) is 50.2 Å². The molecule has 0 amide bonds. The van der Waals surface area contributed by atoms with E-state index in [4.69, 9.17) is 14.5 Å². The first-order valence-corrected chi connectivity index (χ1v) is 10.8. The highest BCUT2D eigenvalue weighted by Crippen LogP contribution is 2.27. The van der Waals surface area contributed by atoms with E-state index in [2.05, 4.69) is 0 Å². The van der Waals surface area contributed by atoms with Crippen molar-refractivity contribution in [2.75, 3.05) is 6.61 Å². The van der Waals surface area contributed by atoms with Gasteiger partial charge in [-0.2, -0.15) is 0 Å². The fraction of sp³-hybridized carbons (Fsp3) is 0.143. The molecule has 4 aromatic rings. The van der Waals surface area contributed by atoms with Gasteiger partial charge in [0.15, 0.2) is 12.4 Å². The number of aromatic nitrogens is 1. The number of carbonyl (C=O) groups is 3. The average Bonchev–Trinajstić information content (AvgIpc) is 2.83. The summed E-state index contributed by atoms with van der Waals surface area (Å²) in [6, 6.07) is 21.1. The highest BCUT2D eigenvalue weighted by molar-refractivity contribution is 6.06. The van der Waals surface area contributed by atoms with Gasteiger partial charge in [0.05, 0.1) is 16.8 Å². The molecule has 0 saturated heterocycles. The topological polar surface area (TPSA) is 82.6 Å². The monoisotopic (exact) mass is 453 g/mol. The van der Waals surface area contributed by atoms with Crippen LogP contribution in [0.1, 0.15) is 38.8 Å². The normalized spacial score (nSPS) is 10.7. The lowest BCUT2D eigenvalue weighted by atomic mass is 10.0. The summed E-state index contributed by atoms with van der Waals surface area (Å²) in [5.74, 6) is -1.08. The molecule has 1 aromatic heterocycles. The van der Waals surface area contributed by atoms with Crippen molar-refractivity contribution in [3.63, 3.8) is 0 Å². The summed E-state index contributed by atoms with van der Waals surface area (Å²) in [6.07, 6.45) is 0. The SMILES string of the molecule is CC(=O)Oc1ccc(C(=O)COC(=O)c2cc(-c3ccc(C)c(C)c3)nc3ccccc23)cc1. The van der Waals surface area contributed by atoms with Crippen LogP contribution in [0.25, 0.3) is 22.2 Å². The number of hydrogen-bond donors (Lipinski definition) is 0. The van der Waals surface area contributed by atoms with Gasteiger partial charge in [-0.05, 0) is 67.4 Å². The van der Waals surface area contributed by atoms with Crippen molar-refractivity contribution in [1.29, 1.82) is 0 Å². The number of ether oxygens (including phenoxy) is 2. The van der Waals surface area contributed by atoms with Crippen LogP contribution in [-0.2, 0) is 9.53 Å². The van der Waals surface area contributed by atoms with Gasteiger partial charge in [0.2, 0.25) is 0 Å². The number of Topliss-reactive ketones (excluding diaryl/α,β-unsaturated/α-hetero) is 1. The third-order valence-corrected chi connectivity index (χ3v) is 5.51. The molecule has 0 radical (unpaired) electrons. The molecule has 4 rings (SSSR count). The Morgan fingerprint density at radius 3 is 2.29 bits per heavy atom. The number of pyridine rings is 1. The highest BCUT2D eigenvalue weighted by atomic mass is 16.5. The first-order valence-electron chi connectivity index (χ1n) is 10.8. The summed E-state index contributed by atoms with van der Waals surface area (Å²) in [4.78, 5) is 41.3. The molecule has 0 spiro atoms. The van der Waals surface area contributed by atoms with Crippen molar-refractivity contribution in [3.8, 4) is 17.0 Å². The van der Waals surface area contributed by atoms with Crippen molar-refractivity contribution in [2.24, 2.45) is 0 Å². The van der Waals surface area contributed by atoms with Gasteiger partial charge in [-0.3, -0.25) is 9.59 Å². The second-order valence-corrected chi connectivity index (χ2v) is 7.99. The van der Waals surface area contributed by atoms with Crippen LogP contribution < -0.4 is 4.74 Å². The van der Waals surface area contributed by atoms with Crippen LogP contribution in [0.4, 0.5) is 0 Å². The number of esters is 2. The molecule has 0 bridgehead atoms. The number of carbonyl (C=O) groups excluding carboxylic acids is 3. The summed E-state index contributed by atoms with van der Waals surface area (Å²) in [7, 11) is 0. The molecule has 3 aromatic carbocycles. The fourth-order valence-corrected chi connectivity index (χ4v) is 3.56. The number of ketones is 1. The minimum Gasteiger partial charge on any atom is -0.454 e. The van der Waals surface area contributed by atoms with Crippen molar-refractivity contribution in [2.45, 2.75) is 20.8 Å². The predicted octanol–water partition coefficient (Wildman–Crippen LogP) is 5.48. The minimum absolute atomic E-state index is 0.336. The molecule has 170 valence electrons. The number of benzene rings is 3. The first-order chi connectivity index (χ1) is 16.3. The number of nitrogens with zero attached hydrogens (tertiary/aromatic N) is 1. The Labute approximate surface area is 197 Å². The van der Waals surface area contributed by atoms with Crippen LogP contribution in [0.3, 0.4) is 0 Å². The molecular formula is C28H23NO5. The Balaban J connectivity index is 1.57. The summed E-state index contributed by atoms with van der Waals surface area (Å²) in [6.45, 7) is 4.95. The molecule has 0 aliphatic heterocycles. The molecule has 0 unspecified atom stereocenters. The van der Waals surface area contributed by atoms with E-state index in [1.165, 1.54) is 36.8 Å². The predicted molar refractivity (Wildman–Crippen MR) is 129 cm³/mol. The molecule has 34 heavy (non-hydrogen) atoms. The zero-order valence-corrected chi connectivity index (χ0v) is 19.1. The Bertz CT molecular complexity index is 1410. The smallest absolute Gasteiger partial charge is 0.339 e. The quantitative estimate of drug-likeness (QED) is 0.218. The Hall–Kier alpha value is -4.32. The van der Waals surface area contributed by atoms with Gasteiger partial charge >= 0.3 is 11.9 Å². The van der Waals surface area contributed by atoms with Crippen molar-refractivity contribution < 1.29 is 23.9 Å². The summed E-state index contributed by atoms with van der Waals surface area (Å²) >= 11 is 0. The number of hydrogen-bond acceptors (Lipinski definition) is 6. The molecule has 1 heterocycles. The lowest BCUT2D eigenvalue weighted by Gasteiger charge is -2.11. The lowest BCUT2D eigenvalue weighted by Crippen LogP contribution is -2.15. The fourth-order valence-electron chi connectivity index (χ4n) is 3.56. The summed E-state index contributed by atoms with van der Waals surface area (Å²) in [5, 5.41) is 0.651. The molecule has 0 N–H and O–H groups in total. The Morgan fingerprint density at radius 2 is 1.59 bits per heavy atom. The van der Waals surface area contributed by atoms with Crippen LogP contribution in [0.15, 0.2) is 72.8 Å². The van der Waals surface area contributed by atoms with E-state index in [9.17, 15) is 14.4 Å². The minimum atomic E-state index is -0.603. The second-order valence-electron chi connectivity index (χ2n) is 7.99. The molecular weight excluding hydrogens is 430 g/mol. The van der Waals surface area contributed by atoms with E-state index in [-0.39, 0.29) is 5.78 Å². The maximum absolute atomic E-state index is 13.0. The van der Waals surface area contributed by atoms with Crippen LogP contribution in [0, 0.1) is 13.8 Å². The van der Waals surface area contributed by atoms with Gasteiger partial charge in [0.1, 0.15) is 5.75 Å². The molecule has 6 nitrogen and oxygen atoms in total. The summed E-state index contributed by atoms with van der Waals surface area (Å²) in [5.41, 5.74) is 5.20. The van der Waals surface area contributed by atoms with Gasteiger partial charge < -0.3 is 9.47 Å². The number of fused-ring (bicyclic) bond motifs is 1. The molecule has 0 aliphatic carbocycles. The van der Waals surface area contributed by atoms with Crippen molar-refractivity contribution in [3.05, 3.63) is 95.1 Å². The van der Waals surface area contributed by atoms with Crippen LogP contribution in [0.5, 0.6) is 5.75 Å². The summed E-state index contributed by atoms with van der Waals surface area (Å²) < 4.78 is 10.3. The molecule has 0 aliphatic rings. The van der Waals surface area contributed by atoms with E-state index in [0.717, 1.165) is 11.1 Å². The Kier molecular flexibility index (Phi) is 6.50.